The number of ether oxygens (including phenoxy) is 1. The van der Waals surface area contributed by atoms with E-state index in [4.69, 9.17) is 9.63 Å². The number of hydrogen-bond donors (Lipinski definition) is 1. The molecule has 1 aliphatic heterocycles. The first-order chi connectivity index (χ1) is 9.81. The maximum atomic E-state index is 12.0. The van der Waals surface area contributed by atoms with Crippen LogP contribution in [0.4, 0.5) is 0 Å². The summed E-state index contributed by atoms with van der Waals surface area (Å²) >= 11 is 0.932. The van der Waals surface area contributed by atoms with Gasteiger partial charge in [-0.25, -0.2) is 0 Å². The van der Waals surface area contributed by atoms with Crippen LogP contribution in [0.15, 0.2) is 0 Å². The van der Waals surface area contributed by atoms with Crippen molar-refractivity contribution in [3.63, 3.8) is 0 Å². The van der Waals surface area contributed by atoms with Gasteiger partial charge in [-0.15, -0.1) is 0 Å². The number of piperazine rings is 1. The number of hydrogen-bond acceptors (Lipinski definition) is 6. The lowest BCUT2D eigenvalue weighted by Gasteiger charge is -2.34. The van der Waals surface area contributed by atoms with E-state index in [1.54, 1.807) is 0 Å². The van der Waals surface area contributed by atoms with Crippen molar-refractivity contribution in [3.8, 4) is 0 Å². The molecule has 0 aromatic rings. The Hall–Kier alpha value is -0.0700. The molecule has 0 aliphatic carbocycles. The summed E-state index contributed by atoms with van der Waals surface area (Å²) in [4.78, 5) is 25.4. The zero-order chi connectivity index (χ0) is 15.9. The van der Waals surface area contributed by atoms with Crippen molar-refractivity contribution in [2.24, 2.45) is 5.41 Å². The molecule has 1 rings (SSSR count). The summed E-state index contributed by atoms with van der Waals surface area (Å²) in [6.45, 7) is 9.12. The Kier molecular flexibility index (Phi) is 8.27. The van der Waals surface area contributed by atoms with Crippen LogP contribution in [0.5, 0.6) is 0 Å². The Morgan fingerprint density at radius 3 is 2.52 bits per heavy atom. The van der Waals surface area contributed by atoms with Crippen LogP contribution in [0, 0.1) is 5.41 Å². The molecular formula is C13H27N2O4PS. The average Bonchev–Trinajstić information content (AvgIpc) is 2.42. The molecule has 1 saturated heterocycles. The molecule has 21 heavy (non-hydrogen) atoms. The van der Waals surface area contributed by atoms with Gasteiger partial charge in [-0.3, -0.25) is 9.36 Å². The van der Waals surface area contributed by atoms with Gasteiger partial charge in [0, 0.05) is 31.9 Å². The van der Waals surface area contributed by atoms with Gasteiger partial charge in [0.1, 0.15) is 6.61 Å². The molecule has 0 aromatic heterocycles. The number of carbonyl (C=O) groups is 1. The van der Waals surface area contributed by atoms with Crippen LogP contribution in [-0.2, 0) is 14.1 Å². The van der Waals surface area contributed by atoms with Gasteiger partial charge in [0.15, 0.2) is 0 Å². The number of rotatable bonds is 8. The first-order valence-electron chi connectivity index (χ1n) is 7.25. The van der Waals surface area contributed by atoms with Gasteiger partial charge >= 0.3 is 5.97 Å². The quantitative estimate of drug-likeness (QED) is 0.406. The van der Waals surface area contributed by atoms with Crippen LogP contribution in [-0.4, -0.2) is 72.8 Å². The van der Waals surface area contributed by atoms with Crippen LogP contribution in [0.1, 0.15) is 20.3 Å². The maximum Gasteiger partial charge on any atom is 0.311 e. The van der Waals surface area contributed by atoms with Crippen LogP contribution in [0.2, 0.25) is 0 Å². The van der Waals surface area contributed by atoms with Crippen molar-refractivity contribution in [2.75, 3.05) is 52.1 Å². The van der Waals surface area contributed by atoms with Gasteiger partial charge in [0.2, 0.25) is 7.23 Å². The van der Waals surface area contributed by atoms with Crippen LogP contribution in [0.25, 0.3) is 0 Å². The van der Waals surface area contributed by atoms with Gasteiger partial charge in [0.05, 0.1) is 5.41 Å². The summed E-state index contributed by atoms with van der Waals surface area (Å²) in [6, 6.07) is 0. The van der Waals surface area contributed by atoms with Gasteiger partial charge in [0.25, 0.3) is 0 Å². The third kappa shape index (κ3) is 7.66. The maximum absolute atomic E-state index is 12.0. The lowest BCUT2D eigenvalue weighted by Crippen LogP contribution is -2.45. The van der Waals surface area contributed by atoms with E-state index < -0.39 is 12.6 Å². The molecule has 8 heteroatoms. The number of carbonyl (C=O) groups excluding carboxylic acids is 1. The Labute approximate surface area is 131 Å². The molecule has 0 amide bonds. The fourth-order valence-corrected chi connectivity index (χ4v) is 3.19. The van der Waals surface area contributed by atoms with Crippen LogP contribution >= 0.6 is 18.6 Å². The minimum absolute atomic E-state index is 0.193. The highest BCUT2D eigenvalue weighted by Gasteiger charge is 2.30. The van der Waals surface area contributed by atoms with Crippen molar-refractivity contribution in [1.29, 1.82) is 0 Å². The van der Waals surface area contributed by atoms with E-state index in [1.165, 1.54) is 0 Å². The second kappa shape index (κ2) is 9.16. The first-order valence-corrected chi connectivity index (χ1v) is 10.3. The summed E-state index contributed by atoms with van der Waals surface area (Å²) in [6.07, 6.45) is 0.763. The first kappa shape index (κ1) is 19.0. The van der Waals surface area contributed by atoms with Gasteiger partial charge in [-0.05, 0) is 33.9 Å². The highest BCUT2D eigenvalue weighted by molar-refractivity contribution is 8.50. The highest BCUT2D eigenvalue weighted by atomic mass is 32.7. The molecule has 1 heterocycles. The van der Waals surface area contributed by atoms with E-state index in [2.05, 4.69) is 16.8 Å². The molecular weight excluding hydrogens is 311 g/mol. The molecule has 0 saturated carbocycles. The Morgan fingerprint density at radius 1 is 1.33 bits per heavy atom. The van der Waals surface area contributed by atoms with E-state index in [-0.39, 0.29) is 12.6 Å². The second-order valence-corrected chi connectivity index (χ2v) is 9.17. The SMILES string of the molecule is CN1CCN(CCC(C)(C)C(=O)OCCS[PH](=O)O)CC1. The molecule has 1 fully saturated rings. The van der Waals surface area contributed by atoms with Crippen molar-refractivity contribution >= 4 is 24.6 Å². The van der Waals surface area contributed by atoms with E-state index in [0.29, 0.717) is 5.75 Å². The summed E-state index contributed by atoms with van der Waals surface area (Å²) in [5.41, 5.74) is -0.515. The monoisotopic (exact) mass is 338 g/mol. The fourth-order valence-electron chi connectivity index (χ4n) is 2.07. The van der Waals surface area contributed by atoms with E-state index in [1.807, 2.05) is 13.8 Å². The minimum Gasteiger partial charge on any atom is -0.464 e. The molecule has 6 nitrogen and oxygen atoms in total. The number of esters is 1. The predicted octanol–water partition coefficient (Wildman–Crippen LogP) is 1.31. The van der Waals surface area contributed by atoms with E-state index >= 15 is 0 Å². The third-order valence-electron chi connectivity index (χ3n) is 3.74. The smallest absolute Gasteiger partial charge is 0.311 e. The number of likely N-dealkylation sites (N-methyl/N-ethyl adjacent to an activating group) is 1. The highest BCUT2D eigenvalue weighted by Crippen LogP contribution is 2.32. The molecule has 1 atom stereocenters. The fraction of sp³-hybridized carbons (Fsp3) is 0.923. The molecule has 0 spiro atoms. The lowest BCUT2D eigenvalue weighted by atomic mass is 9.89. The topological polar surface area (TPSA) is 70.1 Å². The van der Waals surface area contributed by atoms with Crippen molar-refractivity contribution in [3.05, 3.63) is 0 Å². The van der Waals surface area contributed by atoms with Crippen molar-refractivity contribution in [1.82, 2.24) is 9.80 Å². The minimum atomic E-state index is -2.53. The normalized spacial score (nSPS) is 19.4. The van der Waals surface area contributed by atoms with E-state index in [9.17, 15) is 9.36 Å². The average molecular weight is 338 g/mol. The van der Waals surface area contributed by atoms with Crippen LogP contribution in [0.3, 0.4) is 0 Å². The molecule has 0 bridgehead atoms. The molecule has 1 unspecified atom stereocenters. The van der Waals surface area contributed by atoms with Gasteiger partial charge in [-0.2, -0.15) is 0 Å². The van der Waals surface area contributed by atoms with Gasteiger partial charge in [-0.1, -0.05) is 11.4 Å². The Morgan fingerprint density at radius 2 is 1.95 bits per heavy atom. The largest absolute Gasteiger partial charge is 0.464 e. The Balaban J connectivity index is 2.24. The lowest BCUT2D eigenvalue weighted by molar-refractivity contribution is -0.153. The molecule has 0 radical (unpaired) electrons. The van der Waals surface area contributed by atoms with E-state index in [0.717, 1.165) is 50.5 Å². The third-order valence-corrected chi connectivity index (χ3v) is 5.71. The zero-order valence-electron chi connectivity index (χ0n) is 13.1. The Bertz CT molecular complexity index is 360. The second-order valence-electron chi connectivity index (χ2n) is 6.03. The molecule has 124 valence electrons. The molecule has 1 aliphatic rings. The van der Waals surface area contributed by atoms with Gasteiger partial charge < -0.3 is 19.4 Å². The summed E-state index contributed by atoms with van der Waals surface area (Å²) in [5.74, 6) is 0.143. The molecule has 0 aromatic carbocycles. The van der Waals surface area contributed by atoms with Crippen molar-refractivity contribution < 1.29 is 19.0 Å². The standard InChI is InChI=1S/C13H27N2O4PS/c1-13(2,12(16)19-10-11-21-20(17)18)4-5-15-8-6-14(3)7-9-15/h20H,4-11H2,1-3H3,(H,17,18). The summed E-state index contributed by atoms with van der Waals surface area (Å²) < 4.78 is 15.7. The summed E-state index contributed by atoms with van der Waals surface area (Å²) in [5, 5.41) is 0. The predicted molar refractivity (Wildman–Crippen MR) is 87.0 cm³/mol. The number of nitrogens with zero attached hydrogens (tertiary/aromatic N) is 2. The zero-order valence-corrected chi connectivity index (χ0v) is 14.9. The summed E-state index contributed by atoms with van der Waals surface area (Å²) in [7, 11) is -0.409. The molecule has 1 N–H and O–H groups in total. The van der Waals surface area contributed by atoms with Crippen LogP contribution < -0.4 is 0 Å². The van der Waals surface area contributed by atoms with Crippen molar-refractivity contribution in [2.45, 2.75) is 20.3 Å².